The Labute approximate surface area is 124 Å². The van der Waals surface area contributed by atoms with E-state index in [2.05, 4.69) is 4.90 Å². The van der Waals surface area contributed by atoms with Crippen LogP contribution in [-0.2, 0) is 4.79 Å². The molecule has 2 rings (SSSR count). The van der Waals surface area contributed by atoms with Crippen LogP contribution < -0.4 is 0 Å². The summed E-state index contributed by atoms with van der Waals surface area (Å²) in [6.45, 7) is 6.36. The monoisotopic (exact) mass is 301 g/mol. The fraction of sp³-hybridized carbons (Fsp3) is 0.846. The Morgan fingerprint density at radius 1 is 1.35 bits per heavy atom. The number of aliphatic carboxylic acids is 1. The number of amides is 2. The summed E-state index contributed by atoms with van der Waals surface area (Å²) < 4.78 is 0. The van der Waals surface area contributed by atoms with Crippen molar-refractivity contribution < 1.29 is 14.7 Å². The minimum Gasteiger partial charge on any atom is -0.480 e. The van der Waals surface area contributed by atoms with Crippen molar-refractivity contribution in [2.75, 3.05) is 32.4 Å². The minimum absolute atomic E-state index is 0.0181. The highest BCUT2D eigenvalue weighted by Gasteiger charge is 2.43. The van der Waals surface area contributed by atoms with Gasteiger partial charge >= 0.3 is 12.0 Å². The third kappa shape index (κ3) is 2.88. The molecule has 2 fully saturated rings. The van der Waals surface area contributed by atoms with Crippen molar-refractivity contribution in [3.05, 3.63) is 0 Å². The summed E-state index contributed by atoms with van der Waals surface area (Å²) in [5.41, 5.74) is 0. The molecule has 0 saturated carbocycles. The molecule has 0 aromatic carbocycles. The van der Waals surface area contributed by atoms with Crippen LogP contribution >= 0.6 is 11.8 Å². The number of carboxylic acids is 1. The van der Waals surface area contributed by atoms with E-state index in [1.54, 1.807) is 16.7 Å². The first-order valence-electron chi connectivity index (χ1n) is 7.07. The van der Waals surface area contributed by atoms with Crippen LogP contribution in [0.3, 0.4) is 0 Å². The summed E-state index contributed by atoms with van der Waals surface area (Å²) in [6, 6.07) is -0.682. The molecule has 3 atom stereocenters. The molecule has 2 amide bonds. The average Bonchev–Trinajstić information content (AvgIpc) is 2.81. The number of rotatable bonds is 2. The zero-order chi connectivity index (χ0) is 14.9. The smallest absolute Gasteiger partial charge is 0.327 e. The van der Waals surface area contributed by atoms with Gasteiger partial charge in [-0.25, -0.2) is 9.59 Å². The van der Waals surface area contributed by atoms with Crippen molar-refractivity contribution >= 4 is 23.8 Å². The van der Waals surface area contributed by atoms with Crippen LogP contribution in [0.2, 0.25) is 0 Å². The summed E-state index contributed by atoms with van der Waals surface area (Å²) in [7, 11) is 2.04. The predicted molar refractivity (Wildman–Crippen MR) is 78.9 cm³/mol. The molecule has 3 unspecified atom stereocenters. The van der Waals surface area contributed by atoms with Crippen molar-refractivity contribution in [2.45, 2.75) is 37.7 Å². The van der Waals surface area contributed by atoms with Crippen LogP contribution in [0.1, 0.15) is 20.3 Å². The van der Waals surface area contributed by atoms with E-state index in [1.165, 1.54) is 0 Å². The molecule has 0 aromatic rings. The number of piperazine rings is 1. The SMILES string of the molecule is CCC1SCC(C(=O)O)N1C(=O)N1CCN(C)CC1C. The van der Waals surface area contributed by atoms with Crippen LogP contribution in [0.25, 0.3) is 0 Å². The van der Waals surface area contributed by atoms with Crippen molar-refractivity contribution in [1.82, 2.24) is 14.7 Å². The first-order valence-corrected chi connectivity index (χ1v) is 8.12. The fourth-order valence-electron chi connectivity index (χ4n) is 2.90. The molecule has 0 bridgehead atoms. The number of urea groups is 1. The number of hydrogen-bond donors (Lipinski definition) is 1. The molecule has 2 aliphatic rings. The maximum Gasteiger partial charge on any atom is 0.327 e. The van der Waals surface area contributed by atoms with E-state index in [1.807, 2.05) is 25.8 Å². The van der Waals surface area contributed by atoms with Crippen LogP contribution in [-0.4, -0.2) is 81.7 Å². The molecule has 7 heteroatoms. The van der Waals surface area contributed by atoms with Gasteiger partial charge in [0.2, 0.25) is 0 Å². The van der Waals surface area contributed by atoms with Gasteiger partial charge in [-0.3, -0.25) is 4.90 Å². The summed E-state index contributed by atoms with van der Waals surface area (Å²) in [5.74, 6) is -0.412. The number of carboxylic acid groups (broad SMARTS) is 1. The predicted octanol–water partition coefficient (Wildman–Crippen LogP) is 0.980. The Bertz CT molecular complexity index is 393. The van der Waals surface area contributed by atoms with Gasteiger partial charge in [0.1, 0.15) is 6.04 Å². The van der Waals surface area contributed by atoms with Gasteiger partial charge in [0, 0.05) is 31.4 Å². The lowest BCUT2D eigenvalue weighted by Crippen LogP contribution is -2.59. The molecule has 1 N–H and O–H groups in total. The van der Waals surface area contributed by atoms with E-state index in [9.17, 15) is 14.7 Å². The van der Waals surface area contributed by atoms with E-state index in [0.717, 1.165) is 19.5 Å². The van der Waals surface area contributed by atoms with Gasteiger partial charge in [-0.2, -0.15) is 0 Å². The second-order valence-electron chi connectivity index (χ2n) is 5.54. The molecular formula is C13H23N3O3S. The number of carbonyl (C=O) groups excluding carboxylic acids is 1. The molecule has 0 radical (unpaired) electrons. The molecular weight excluding hydrogens is 278 g/mol. The van der Waals surface area contributed by atoms with Gasteiger partial charge in [-0.05, 0) is 20.4 Å². The van der Waals surface area contributed by atoms with Crippen LogP contribution in [0.4, 0.5) is 4.79 Å². The van der Waals surface area contributed by atoms with Crippen LogP contribution in [0.5, 0.6) is 0 Å². The van der Waals surface area contributed by atoms with Gasteiger partial charge in [0.15, 0.2) is 0 Å². The second kappa shape index (κ2) is 6.22. The minimum atomic E-state index is -0.899. The van der Waals surface area contributed by atoms with Crippen LogP contribution in [0, 0.1) is 0 Å². The first kappa shape index (κ1) is 15.4. The maximum absolute atomic E-state index is 12.8. The maximum atomic E-state index is 12.8. The molecule has 0 aromatic heterocycles. The number of hydrogen-bond acceptors (Lipinski definition) is 4. The van der Waals surface area contributed by atoms with E-state index >= 15 is 0 Å². The number of thioether (sulfide) groups is 1. The van der Waals surface area contributed by atoms with Gasteiger partial charge in [0.25, 0.3) is 0 Å². The largest absolute Gasteiger partial charge is 0.480 e. The summed E-state index contributed by atoms with van der Waals surface area (Å²) in [6.07, 6.45) is 0.780. The van der Waals surface area contributed by atoms with Crippen molar-refractivity contribution in [3.63, 3.8) is 0 Å². The Morgan fingerprint density at radius 2 is 2.05 bits per heavy atom. The first-order chi connectivity index (χ1) is 9.45. The Balaban J connectivity index is 2.14. The van der Waals surface area contributed by atoms with Gasteiger partial charge in [-0.15, -0.1) is 11.8 Å². The summed E-state index contributed by atoms with van der Waals surface area (Å²) in [5, 5.41) is 9.30. The lowest BCUT2D eigenvalue weighted by molar-refractivity contribution is -0.141. The van der Waals surface area contributed by atoms with E-state index < -0.39 is 12.0 Å². The fourth-order valence-corrected chi connectivity index (χ4v) is 4.24. The molecule has 0 aliphatic carbocycles. The Kier molecular flexibility index (Phi) is 4.80. The number of nitrogens with zero attached hydrogens (tertiary/aromatic N) is 3. The van der Waals surface area contributed by atoms with Gasteiger partial charge in [-0.1, -0.05) is 6.92 Å². The van der Waals surface area contributed by atoms with Gasteiger partial charge in [0.05, 0.1) is 5.37 Å². The highest BCUT2D eigenvalue weighted by molar-refractivity contribution is 8.00. The third-order valence-corrected chi connectivity index (χ3v) is 5.48. The van der Waals surface area contributed by atoms with Crippen molar-refractivity contribution in [2.24, 2.45) is 0 Å². The van der Waals surface area contributed by atoms with E-state index in [4.69, 9.17) is 0 Å². The highest BCUT2D eigenvalue weighted by Crippen LogP contribution is 2.32. The number of carbonyl (C=O) groups is 2. The number of likely N-dealkylation sites (N-methyl/N-ethyl adjacent to an activating group) is 1. The lowest BCUT2D eigenvalue weighted by Gasteiger charge is -2.41. The zero-order valence-electron chi connectivity index (χ0n) is 12.3. The molecule has 20 heavy (non-hydrogen) atoms. The van der Waals surface area contributed by atoms with Crippen molar-refractivity contribution in [3.8, 4) is 0 Å². The normalized spacial score (nSPS) is 31.6. The molecule has 2 heterocycles. The molecule has 2 saturated heterocycles. The van der Waals surface area contributed by atoms with Crippen molar-refractivity contribution in [1.29, 1.82) is 0 Å². The Hall–Kier alpha value is -0.950. The second-order valence-corrected chi connectivity index (χ2v) is 6.76. The molecule has 0 spiro atoms. The lowest BCUT2D eigenvalue weighted by atomic mass is 10.2. The van der Waals surface area contributed by atoms with Gasteiger partial charge < -0.3 is 14.9 Å². The summed E-state index contributed by atoms with van der Waals surface area (Å²) in [4.78, 5) is 29.7. The molecule has 114 valence electrons. The van der Waals surface area contributed by atoms with Crippen LogP contribution in [0.15, 0.2) is 0 Å². The quantitative estimate of drug-likeness (QED) is 0.824. The van der Waals surface area contributed by atoms with E-state index in [-0.39, 0.29) is 17.4 Å². The summed E-state index contributed by atoms with van der Waals surface area (Å²) >= 11 is 1.57. The standard InChI is InChI=1S/C13H23N3O3S/c1-4-11-16(10(8-20-11)12(17)18)13(19)15-6-5-14(3)7-9(15)2/h9-11H,4-8H2,1-3H3,(H,17,18). The molecule has 2 aliphatic heterocycles. The highest BCUT2D eigenvalue weighted by atomic mass is 32.2. The average molecular weight is 301 g/mol. The zero-order valence-corrected chi connectivity index (χ0v) is 13.1. The molecule has 6 nitrogen and oxygen atoms in total. The topological polar surface area (TPSA) is 64.1 Å². The third-order valence-electron chi connectivity index (χ3n) is 4.02. The Morgan fingerprint density at radius 3 is 2.60 bits per heavy atom. The van der Waals surface area contributed by atoms with E-state index in [0.29, 0.717) is 12.3 Å².